The van der Waals surface area contributed by atoms with Crippen molar-refractivity contribution in [3.63, 3.8) is 0 Å². The fraction of sp³-hybridized carbons (Fsp3) is 0. The zero-order valence-corrected chi connectivity index (χ0v) is 9.63. The van der Waals surface area contributed by atoms with Crippen LogP contribution in [0.15, 0.2) is 42.4 Å². The molecule has 0 radical (unpaired) electrons. The van der Waals surface area contributed by atoms with Crippen molar-refractivity contribution < 1.29 is 5.48 Å². The van der Waals surface area contributed by atoms with Crippen LogP contribution in [0.4, 0.5) is 0 Å². The standard InChI is InChI=1S/C12H7Cl3/c13-9-3-1-8(2-4-9)11-6-5-10(14)7-12(11)15/h1-7H/i1D,2D,3D,4D. The third kappa shape index (κ3) is 2.46. The predicted molar refractivity (Wildman–Crippen MR) is 66.9 cm³/mol. The number of benzene rings is 2. The molecule has 0 aliphatic heterocycles. The van der Waals surface area contributed by atoms with Crippen molar-refractivity contribution in [3.8, 4) is 11.1 Å². The van der Waals surface area contributed by atoms with Crippen molar-refractivity contribution in [2.45, 2.75) is 0 Å². The summed E-state index contributed by atoms with van der Waals surface area (Å²) in [5.74, 6) is 0. The van der Waals surface area contributed by atoms with Gasteiger partial charge in [0.15, 0.2) is 0 Å². The van der Waals surface area contributed by atoms with Gasteiger partial charge in [0.1, 0.15) is 0 Å². The highest BCUT2D eigenvalue weighted by molar-refractivity contribution is 6.36. The molecule has 0 N–H and O–H groups in total. The van der Waals surface area contributed by atoms with Gasteiger partial charge >= 0.3 is 0 Å². The second-order valence-electron chi connectivity index (χ2n) is 2.81. The number of halogens is 3. The maximum absolute atomic E-state index is 7.89. The Kier molecular flexibility index (Phi) is 2.01. The Balaban J connectivity index is 2.83. The smallest absolute Gasteiger partial charge is 0.0639 e. The lowest BCUT2D eigenvalue weighted by molar-refractivity contribution is 1.62. The van der Waals surface area contributed by atoms with E-state index in [0.717, 1.165) is 0 Å². The van der Waals surface area contributed by atoms with E-state index in [0.29, 0.717) is 10.6 Å². The van der Waals surface area contributed by atoms with E-state index < -0.39 is 0 Å². The van der Waals surface area contributed by atoms with Crippen LogP contribution in [0.5, 0.6) is 0 Å². The van der Waals surface area contributed by atoms with Crippen LogP contribution >= 0.6 is 34.8 Å². The third-order valence-electron chi connectivity index (χ3n) is 1.79. The zero-order chi connectivity index (χ0) is 14.3. The molecule has 0 aromatic heterocycles. The molecule has 0 heterocycles. The van der Waals surface area contributed by atoms with Crippen LogP contribution in [0, 0.1) is 0 Å². The maximum Gasteiger partial charge on any atom is 0.0639 e. The lowest BCUT2D eigenvalue weighted by Crippen LogP contribution is -1.79. The van der Waals surface area contributed by atoms with Crippen molar-refractivity contribution in [1.82, 2.24) is 0 Å². The molecule has 0 fully saturated rings. The molecule has 0 nitrogen and oxygen atoms in total. The molecule has 0 spiro atoms. The summed E-state index contributed by atoms with van der Waals surface area (Å²) in [6.07, 6.45) is 0. The summed E-state index contributed by atoms with van der Waals surface area (Å²) in [5, 5.41) is 0.484. The highest BCUT2D eigenvalue weighted by Gasteiger charge is 2.03. The Labute approximate surface area is 109 Å². The van der Waals surface area contributed by atoms with E-state index in [-0.39, 0.29) is 39.8 Å². The van der Waals surface area contributed by atoms with Gasteiger partial charge in [-0.15, -0.1) is 0 Å². The van der Waals surface area contributed by atoms with Gasteiger partial charge in [0.25, 0.3) is 0 Å². The van der Waals surface area contributed by atoms with Crippen molar-refractivity contribution in [1.29, 1.82) is 0 Å². The zero-order valence-electron chi connectivity index (χ0n) is 11.4. The first-order valence-corrected chi connectivity index (χ1v) is 5.19. The Hall–Kier alpha value is -0.690. The normalized spacial score (nSPS) is 14.1. The summed E-state index contributed by atoms with van der Waals surface area (Å²) in [5.41, 5.74) is 0.501. The average Bonchev–Trinajstić information content (AvgIpc) is 2.37. The lowest BCUT2D eigenvalue weighted by Gasteiger charge is -2.04. The highest BCUT2D eigenvalue weighted by atomic mass is 35.5. The molecule has 0 bridgehead atoms. The van der Waals surface area contributed by atoms with E-state index >= 15 is 0 Å². The summed E-state index contributed by atoms with van der Waals surface area (Å²) in [6.45, 7) is 0. The van der Waals surface area contributed by atoms with E-state index in [1.807, 2.05) is 0 Å². The maximum atomic E-state index is 7.89. The second kappa shape index (κ2) is 4.44. The first-order valence-electron chi connectivity index (χ1n) is 6.05. The monoisotopic (exact) mass is 260 g/mol. The van der Waals surface area contributed by atoms with Crippen LogP contribution in [-0.4, -0.2) is 0 Å². The largest absolute Gasteiger partial charge is 0.0843 e. The van der Waals surface area contributed by atoms with E-state index in [9.17, 15) is 0 Å². The van der Waals surface area contributed by atoms with Crippen molar-refractivity contribution in [2.75, 3.05) is 0 Å². The topological polar surface area (TPSA) is 0 Å². The second-order valence-corrected chi connectivity index (χ2v) is 4.03. The molecule has 2 aromatic carbocycles. The summed E-state index contributed by atoms with van der Waals surface area (Å²) >= 11 is 17.6. The fourth-order valence-electron chi connectivity index (χ4n) is 1.12. The van der Waals surface area contributed by atoms with Crippen LogP contribution in [0.3, 0.4) is 0 Å². The van der Waals surface area contributed by atoms with E-state index in [4.69, 9.17) is 40.3 Å². The van der Waals surface area contributed by atoms with Gasteiger partial charge < -0.3 is 0 Å². The molecule has 0 aliphatic rings. The molecule has 0 unspecified atom stereocenters. The Morgan fingerprint density at radius 1 is 0.867 bits per heavy atom. The van der Waals surface area contributed by atoms with E-state index in [1.165, 1.54) is 6.07 Å². The van der Waals surface area contributed by atoms with Crippen LogP contribution in [-0.2, 0) is 0 Å². The third-order valence-corrected chi connectivity index (χ3v) is 2.53. The highest BCUT2D eigenvalue weighted by Crippen LogP contribution is 2.30. The fourth-order valence-corrected chi connectivity index (χ4v) is 1.72. The lowest BCUT2D eigenvalue weighted by atomic mass is 10.1. The summed E-state index contributed by atoms with van der Waals surface area (Å²) in [4.78, 5) is 0. The van der Waals surface area contributed by atoms with Crippen LogP contribution in [0.2, 0.25) is 15.1 Å². The Morgan fingerprint density at radius 3 is 2.13 bits per heavy atom. The molecule has 0 aliphatic carbocycles. The number of hydrogen-bond acceptors (Lipinski definition) is 0. The number of hydrogen-bond donors (Lipinski definition) is 0. The van der Waals surface area contributed by atoms with E-state index in [2.05, 4.69) is 0 Å². The summed E-state index contributed by atoms with van der Waals surface area (Å²) < 4.78 is 31.2. The molecule has 15 heavy (non-hydrogen) atoms. The van der Waals surface area contributed by atoms with Crippen LogP contribution in [0.1, 0.15) is 5.48 Å². The Bertz CT molecular complexity index is 642. The van der Waals surface area contributed by atoms with Crippen LogP contribution < -0.4 is 0 Å². The molecule has 2 rings (SSSR count). The molecular formula is C12H7Cl3. The summed E-state index contributed by atoms with van der Waals surface area (Å²) in [7, 11) is 0. The molecule has 76 valence electrons. The van der Waals surface area contributed by atoms with Gasteiger partial charge in [-0.25, -0.2) is 0 Å². The number of rotatable bonds is 1. The Morgan fingerprint density at radius 2 is 1.53 bits per heavy atom. The molecule has 0 amide bonds. The minimum absolute atomic E-state index is 0.112. The van der Waals surface area contributed by atoms with Gasteiger partial charge in [0.05, 0.1) is 5.48 Å². The molecule has 0 saturated carbocycles. The minimum Gasteiger partial charge on any atom is -0.0843 e. The van der Waals surface area contributed by atoms with E-state index in [1.54, 1.807) is 12.1 Å². The summed E-state index contributed by atoms with van der Waals surface area (Å²) in [6, 6.07) is 3.59. The van der Waals surface area contributed by atoms with Crippen molar-refractivity contribution in [3.05, 3.63) is 57.4 Å². The molecule has 3 heteroatoms. The molecule has 2 aromatic rings. The van der Waals surface area contributed by atoms with Gasteiger partial charge in [-0.05, 0) is 29.8 Å². The van der Waals surface area contributed by atoms with Gasteiger partial charge in [0, 0.05) is 20.6 Å². The van der Waals surface area contributed by atoms with Gasteiger partial charge in [0.2, 0.25) is 0 Å². The first-order chi connectivity index (χ1) is 8.84. The molecule has 0 saturated heterocycles. The average molecular weight is 262 g/mol. The quantitative estimate of drug-likeness (QED) is 0.652. The van der Waals surface area contributed by atoms with Crippen molar-refractivity contribution >= 4 is 34.8 Å². The minimum atomic E-state index is -0.288. The van der Waals surface area contributed by atoms with Gasteiger partial charge in [-0.2, -0.15) is 0 Å². The van der Waals surface area contributed by atoms with Gasteiger partial charge in [-0.1, -0.05) is 53.0 Å². The molecule has 0 atom stereocenters. The molecular weight excluding hydrogens is 250 g/mol. The predicted octanol–water partition coefficient (Wildman–Crippen LogP) is 5.31. The SMILES string of the molecule is [2H]c1c([2H])c(-c2ccc(Cl)cc2Cl)c([2H])c([2H])c1Cl. The van der Waals surface area contributed by atoms with Gasteiger partial charge in [-0.3, -0.25) is 0 Å². The van der Waals surface area contributed by atoms with Crippen LogP contribution in [0.25, 0.3) is 11.1 Å². The first kappa shape index (κ1) is 6.80. The van der Waals surface area contributed by atoms with Crippen molar-refractivity contribution in [2.24, 2.45) is 0 Å².